The van der Waals surface area contributed by atoms with Crippen LogP contribution in [0.25, 0.3) is 0 Å². The molecule has 0 unspecified atom stereocenters. The maximum atomic E-state index is 2.21. The van der Waals surface area contributed by atoms with Crippen LogP contribution in [0.4, 0.5) is 0 Å². The van der Waals surface area contributed by atoms with Crippen molar-refractivity contribution in [1.82, 2.24) is 0 Å². The van der Waals surface area contributed by atoms with E-state index < -0.39 is 0 Å². The first-order chi connectivity index (χ1) is 8.67. The molecule has 0 aliphatic heterocycles. The molecule has 0 atom stereocenters. The van der Waals surface area contributed by atoms with Gasteiger partial charge in [-0.2, -0.15) is 0 Å². The van der Waals surface area contributed by atoms with E-state index in [0.29, 0.717) is 0 Å². The molecular formula is C16H24Br2N2. The van der Waals surface area contributed by atoms with Crippen LogP contribution in [0, 0.1) is 13.8 Å². The summed E-state index contributed by atoms with van der Waals surface area (Å²) in [5, 5.41) is 0. The van der Waals surface area contributed by atoms with Gasteiger partial charge in [0, 0.05) is 30.7 Å². The predicted octanol–water partition coefficient (Wildman–Crippen LogP) is -3.39. The van der Waals surface area contributed by atoms with Gasteiger partial charge in [0.2, 0.25) is 0 Å². The van der Waals surface area contributed by atoms with E-state index in [1.54, 1.807) is 0 Å². The van der Waals surface area contributed by atoms with Crippen molar-refractivity contribution in [2.75, 3.05) is 0 Å². The van der Waals surface area contributed by atoms with E-state index in [4.69, 9.17) is 0 Å². The van der Waals surface area contributed by atoms with Crippen LogP contribution in [0.2, 0.25) is 0 Å². The number of hydrogen-bond acceptors (Lipinski definition) is 0. The molecule has 4 heteroatoms. The lowest BCUT2D eigenvalue weighted by Crippen LogP contribution is -3.00. The highest BCUT2D eigenvalue weighted by Gasteiger charge is 1.97. The van der Waals surface area contributed by atoms with Gasteiger partial charge in [-0.25, -0.2) is 9.13 Å². The van der Waals surface area contributed by atoms with E-state index in [1.807, 2.05) is 0 Å². The van der Waals surface area contributed by atoms with E-state index in [9.17, 15) is 0 Å². The fourth-order valence-electron chi connectivity index (χ4n) is 1.77. The Kier molecular flexibility index (Phi) is 13.0. The molecule has 0 amide bonds. The molecule has 0 fully saturated rings. The second kappa shape index (κ2) is 12.0. The van der Waals surface area contributed by atoms with Crippen LogP contribution >= 0.6 is 0 Å². The van der Waals surface area contributed by atoms with Gasteiger partial charge < -0.3 is 34.0 Å². The van der Waals surface area contributed by atoms with Crippen LogP contribution in [0.15, 0.2) is 48.9 Å². The molecule has 0 saturated heterocycles. The van der Waals surface area contributed by atoms with Gasteiger partial charge in [0.25, 0.3) is 0 Å². The Morgan fingerprint density at radius 2 is 1.55 bits per heavy atom. The molecule has 2 rings (SSSR count). The number of rotatable bonds is 2. The molecular weight excluding hydrogens is 380 g/mol. The summed E-state index contributed by atoms with van der Waals surface area (Å²) >= 11 is 0. The van der Waals surface area contributed by atoms with Crippen molar-refractivity contribution in [3.05, 3.63) is 60.2 Å². The summed E-state index contributed by atoms with van der Waals surface area (Å²) in [7, 11) is 0. The van der Waals surface area contributed by atoms with E-state index >= 15 is 0 Å². The predicted molar refractivity (Wildman–Crippen MR) is 74.1 cm³/mol. The van der Waals surface area contributed by atoms with E-state index in [2.05, 4.69) is 85.8 Å². The quantitative estimate of drug-likeness (QED) is 0.462. The lowest BCUT2D eigenvalue weighted by molar-refractivity contribution is -0.699. The van der Waals surface area contributed by atoms with Crippen LogP contribution in [0.5, 0.6) is 0 Å². The first kappa shape index (κ1) is 21.6. The molecule has 2 aromatic rings. The standard InChI is InChI=1S/2C8H12N.2BrH/c1-3-9-6-4-5-8(2)7-9;1-3-9-7-5-4-6-8(9)2;;/h2*4-7H,3H2,1-2H3;2*1H/q2*+1;;/p-2. The van der Waals surface area contributed by atoms with Gasteiger partial charge in [-0.15, -0.1) is 0 Å². The van der Waals surface area contributed by atoms with E-state index in [-0.39, 0.29) is 34.0 Å². The Morgan fingerprint density at radius 3 is 1.95 bits per heavy atom. The van der Waals surface area contributed by atoms with E-state index in [1.165, 1.54) is 11.3 Å². The second-order valence-corrected chi connectivity index (χ2v) is 4.34. The maximum Gasteiger partial charge on any atom is 0.178 e. The molecule has 0 bridgehead atoms. The van der Waals surface area contributed by atoms with Crippen molar-refractivity contribution in [1.29, 1.82) is 0 Å². The van der Waals surface area contributed by atoms with Gasteiger partial charge in [0.15, 0.2) is 24.3 Å². The van der Waals surface area contributed by atoms with Gasteiger partial charge >= 0.3 is 0 Å². The highest BCUT2D eigenvalue weighted by atomic mass is 79.9. The second-order valence-electron chi connectivity index (χ2n) is 4.34. The Balaban J connectivity index is 0. The Hall–Kier alpha value is -0.740. The average molecular weight is 404 g/mol. The van der Waals surface area contributed by atoms with Gasteiger partial charge in [0.1, 0.15) is 13.1 Å². The van der Waals surface area contributed by atoms with Crippen LogP contribution in [-0.2, 0) is 13.1 Å². The van der Waals surface area contributed by atoms with Gasteiger partial charge in [-0.1, -0.05) is 6.07 Å². The highest BCUT2D eigenvalue weighted by Crippen LogP contribution is 1.88. The summed E-state index contributed by atoms with van der Waals surface area (Å²) in [6.07, 6.45) is 6.31. The zero-order chi connectivity index (χ0) is 13.4. The third-order valence-corrected chi connectivity index (χ3v) is 2.88. The largest absolute Gasteiger partial charge is 1.00 e. The van der Waals surface area contributed by atoms with E-state index in [0.717, 1.165) is 13.1 Å². The fraction of sp³-hybridized carbons (Fsp3) is 0.375. The van der Waals surface area contributed by atoms with Crippen molar-refractivity contribution in [3.8, 4) is 0 Å². The highest BCUT2D eigenvalue weighted by molar-refractivity contribution is 5.01. The molecule has 0 spiro atoms. The van der Waals surface area contributed by atoms with Crippen LogP contribution in [0.1, 0.15) is 25.1 Å². The van der Waals surface area contributed by atoms with Crippen LogP contribution in [-0.4, -0.2) is 0 Å². The van der Waals surface area contributed by atoms with Gasteiger partial charge in [-0.05, 0) is 26.8 Å². The number of aromatic nitrogens is 2. The summed E-state index contributed by atoms with van der Waals surface area (Å²) in [5.41, 5.74) is 2.64. The Morgan fingerprint density at radius 1 is 0.850 bits per heavy atom. The summed E-state index contributed by atoms with van der Waals surface area (Å²) in [6.45, 7) is 10.6. The molecule has 20 heavy (non-hydrogen) atoms. The molecule has 112 valence electrons. The molecule has 0 N–H and O–H groups in total. The molecule has 0 saturated carbocycles. The van der Waals surface area contributed by atoms with Gasteiger partial charge in [-0.3, -0.25) is 0 Å². The first-order valence-electron chi connectivity index (χ1n) is 6.58. The van der Waals surface area contributed by atoms with Crippen molar-refractivity contribution in [3.63, 3.8) is 0 Å². The summed E-state index contributed by atoms with van der Waals surface area (Å²) in [5.74, 6) is 0. The number of hydrogen-bond donors (Lipinski definition) is 0. The smallest absolute Gasteiger partial charge is 0.178 e. The molecule has 0 radical (unpaired) electrons. The topological polar surface area (TPSA) is 7.76 Å². The zero-order valence-electron chi connectivity index (χ0n) is 12.7. The SMILES string of the molecule is CC[n+]1cccc(C)c1.CC[n+]1ccccc1C.[Br-].[Br-]. The molecule has 2 heterocycles. The minimum atomic E-state index is 0. The average Bonchev–Trinajstić information content (AvgIpc) is 2.40. The first-order valence-corrected chi connectivity index (χ1v) is 6.58. The molecule has 2 aromatic heterocycles. The number of nitrogens with zero attached hydrogens (tertiary/aromatic N) is 2. The lowest BCUT2D eigenvalue weighted by Gasteiger charge is -1.92. The van der Waals surface area contributed by atoms with Crippen molar-refractivity contribution in [2.45, 2.75) is 40.8 Å². The fourth-order valence-corrected chi connectivity index (χ4v) is 1.77. The minimum absolute atomic E-state index is 0. The normalized spacial score (nSPS) is 8.60. The van der Waals surface area contributed by atoms with Crippen LogP contribution < -0.4 is 43.1 Å². The zero-order valence-corrected chi connectivity index (χ0v) is 15.9. The number of aryl methyl sites for hydroxylation is 4. The Labute approximate surface area is 144 Å². The maximum absolute atomic E-state index is 2.21. The molecule has 0 aromatic carbocycles. The van der Waals surface area contributed by atoms with Gasteiger partial charge in [0.05, 0.1) is 0 Å². The summed E-state index contributed by atoms with van der Waals surface area (Å²) in [6, 6.07) is 10.4. The molecule has 0 aliphatic rings. The summed E-state index contributed by atoms with van der Waals surface area (Å²) in [4.78, 5) is 0. The molecule has 0 aliphatic carbocycles. The monoisotopic (exact) mass is 402 g/mol. The van der Waals surface area contributed by atoms with Crippen LogP contribution in [0.3, 0.4) is 0 Å². The van der Waals surface area contributed by atoms with Crippen molar-refractivity contribution in [2.24, 2.45) is 0 Å². The minimum Gasteiger partial charge on any atom is -1.00 e. The van der Waals surface area contributed by atoms with Crippen molar-refractivity contribution < 1.29 is 43.1 Å². The molecule has 2 nitrogen and oxygen atoms in total. The third-order valence-electron chi connectivity index (χ3n) is 2.88. The third kappa shape index (κ3) is 7.75. The number of pyridine rings is 2. The Bertz CT molecular complexity index is 487. The summed E-state index contributed by atoms with van der Waals surface area (Å²) < 4.78 is 4.37. The lowest BCUT2D eigenvalue weighted by atomic mass is 10.3. The number of halogens is 2. The van der Waals surface area contributed by atoms with Crippen molar-refractivity contribution >= 4 is 0 Å².